The van der Waals surface area contributed by atoms with Gasteiger partial charge < -0.3 is 9.64 Å². The molecule has 0 aliphatic carbocycles. The Bertz CT molecular complexity index is 620. The molecule has 0 fully saturated rings. The number of nitrogens with zero attached hydrogens (tertiary/aromatic N) is 1. The number of ketones is 1. The Morgan fingerprint density at radius 1 is 1.40 bits per heavy atom. The van der Waals surface area contributed by atoms with Gasteiger partial charge in [-0.2, -0.15) is 0 Å². The van der Waals surface area contributed by atoms with Crippen molar-refractivity contribution in [1.29, 1.82) is 0 Å². The number of amides is 1. The van der Waals surface area contributed by atoms with Gasteiger partial charge in [-0.15, -0.1) is 0 Å². The minimum Gasteiger partial charge on any atom is -0.468 e. The van der Waals surface area contributed by atoms with Gasteiger partial charge in [0.15, 0.2) is 0 Å². The predicted octanol–water partition coefficient (Wildman–Crippen LogP) is 1.43. The number of methoxy groups -OCH3 is 1. The van der Waals surface area contributed by atoms with Crippen LogP contribution in [0, 0.1) is 11.6 Å². The molecule has 1 atom stereocenters. The standard InChI is InChI=1S/C12H8BrF2NO4/c1-20-12(19)6(13)4-16-8-3-5(14)2-7(15)9(8)10(17)11(16)18/h2-3,6H,4H2,1H3. The second-order valence-electron chi connectivity index (χ2n) is 4.02. The number of carbonyl (C=O) groups excluding carboxylic acids is 3. The average Bonchev–Trinajstić information content (AvgIpc) is 2.62. The van der Waals surface area contributed by atoms with Crippen LogP contribution in [0.4, 0.5) is 14.5 Å². The quantitative estimate of drug-likeness (QED) is 0.471. The third-order valence-electron chi connectivity index (χ3n) is 2.79. The predicted molar refractivity (Wildman–Crippen MR) is 67.8 cm³/mol. The Morgan fingerprint density at radius 3 is 2.65 bits per heavy atom. The van der Waals surface area contributed by atoms with E-state index in [-0.39, 0.29) is 12.2 Å². The maximum absolute atomic E-state index is 13.6. The van der Waals surface area contributed by atoms with Gasteiger partial charge >= 0.3 is 5.97 Å². The molecule has 1 aliphatic heterocycles. The van der Waals surface area contributed by atoms with E-state index in [4.69, 9.17) is 0 Å². The summed E-state index contributed by atoms with van der Waals surface area (Å²) in [6, 6.07) is 1.40. The van der Waals surface area contributed by atoms with Crippen molar-refractivity contribution in [2.75, 3.05) is 18.6 Å². The molecule has 1 aromatic carbocycles. The topological polar surface area (TPSA) is 63.7 Å². The zero-order chi connectivity index (χ0) is 15.0. The van der Waals surface area contributed by atoms with E-state index in [1.54, 1.807) is 0 Å². The van der Waals surface area contributed by atoms with Crippen LogP contribution in [-0.4, -0.2) is 36.1 Å². The minimum atomic E-state index is -1.11. The van der Waals surface area contributed by atoms with Crippen molar-refractivity contribution in [3.05, 3.63) is 29.3 Å². The Hall–Kier alpha value is -1.83. The molecule has 20 heavy (non-hydrogen) atoms. The van der Waals surface area contributed by atoms with E-state index < -0.39 is 39.7 Å². The third-order valence-corrected chi connectivity index (χ3v) is 3.45. The molecule has 0 N–H and O–H groups in total. The van der Waals surface area contributed by atoms with Crippen molar-refractivity contribution in [3.63, 3.8) is 0 Å². The van der Waals surface area contributed by atoms with Crippen LogP contribution < -0.4 is 4.90 Å². The van der Waals surface area contributed by atoms with E-state index in [1.165, 1.54) is 0 Å². The fourth-order valence-electron chi connectivity index (χ4n) is 1.88. The molecule has 0 spiro atoms. The zero-order valence-corrected chi connectivity index (χ0v) is 11.7. The largest absolute Gasteiger partial charge is 0.468 e. The number of anilines is 1. The van der Waals surface area contributed by atoms with Crippen molar-refractivity contribution in [2.45, 2.75) is 4.83 Å². The highest BCUT2D eigenvalue weighted by molar-refractivity contribution is 9.10. The highest BCUT2D eigenvalue weighted by atomic mass is 79.9. The summed E-state index contributed by atoms with van der Waals surface area (Å²) in [5.74, 6) is -4.78. The first-order chi connectivity index (χ1) is 9.36. The lowest BCUT2D eigenvalue weighted by atomic mass is 10.1. The summed E-state index contributed by atoms with van der Waals surface area (Å²) in [7, 11) is 1.15. The Labute approximate surface area is 120 Å². The number of halogens is 3. The first-order valence-corrected chi connectivity index (χ1v) is 6.35. The molecule has 1 amide bonds. The fraction of sp³-hybridized carbons (Fsp3) is 0.250. The van der Waals surface area contributed by atoms with Crippen LogP contribution in [0.15, 0.2) is 12.1 Å². The molecule has 8 heteroatoms. The van der Waals surface area contributed by atoms with E-state index in [9.17, 15) is 23.2 Å². The van der Waals surface area contributed by atoms with Crippen molar-refractivity contribution >= 4 is 39.3 Å². The van der Waals surface area contributed by atoms with E-state index in [1.807, 2.05) is 0 Å². The summed E-state index contributed by atoms with van der Waals surface area (Å²) < 4.78 is 31.3. The number of ether oxygens (including phenoxy) is 1. The maximum Gasteiger partial charge on any atom is 0.321 e. The molecule has 2 rings (SSSR count). The summed E-state index contributed by atoms with van der Waals surface area (Å²) in [5.41, 5.74) is -0.674. The van der Waals surface area contributed by atoms with Gasteiger partial charge in [0.2, 0.25) is 0 Å². The number of rotatable bonds is 3. The highest BCUT2D eigenvalue weighted by Crippen LogP contribution is 2.32. The van der Waals surface area contributed by atoms with Crippen LogP contribution in [-0.2, 0) is 14.3 Å². The number of hydrogen-bond donors (Lipinski definition) is 0. The molecule has 1 unspecified atom stereocenters. The lowest BCUT2D eigenvalue weighted by molar-refractivity contribution is -0.139. The van der Waals surface area contributed by atoms with Gasteiger partial charge in [0, 0.05) is 12.6 Å². The Morgan fingerprint density at radius 2 is 2.05 bits per heavy atom. The van der Waals surface area contributed by atoms with Crippen LogP contribution in [0.3, 0.4) is 0 Å². The van der Waals surface area contributed by atoms with Crippen molar-refractivity contribution in [2.24, 2.45) is 0 Å². The smallest absolute Gasteiger partial charge is 0.321 e. The highest BCUT2D eigenvalue weighted by Gasteiger charge is 2.40. The average molecular weight is 348 g/mol. The number of carbonyl (C=O) groups is 3. The molecule has 0 aromatic heterocycles. The molecule has 0 bridgehead atoms. The van der Waals surface area contributed by atoms with Gasteiger partial charge in [0.25, 0.3) is 11.7 Å². The monoisotopic (exact) mass is 347 g/mol. The SMILES string of the molecule is COC(=O)C(Br)CN1C(=O)C(=O)c2c(F)cc(F)cc21. The Kier molecular flexibility index (Phi) is 3.85. The zero-order valence-electron chi connectivity index (χ0n) is 10.2. The lowest BCUT2D eigenvalue weighted by Crippen LogP contribution is -2.37. The summed E-state index contributed by atoms with van der Waals surface area (Å²) in [4.78, 5) is 34.7. The second-order valence-corrected chi connectivity index (χ2v) is 5.12. The molecule has 0 saturated carbocycles. The molecule has 106 valence electrons. The number of hydrogen-bond acceptors (Lipinski definition) is 4. The fourth-order valence-corrected chi connectivity index (χ4v) is 2.36. The summed E-state index contributed by atoms with van der Waals surface area (Å²) in [6.45, 7) is -0.271. The normalized spacial score (nSPS) is 15.3. The minimum absolute atomic E-state index is 0.189. The number of benzene rings is 1. The number of esters is 1. The second kappa shape index (κ2) is 5.28. The van der Waals surface area contributed by atoms with Crippen molar-refractivity contribution in [3.8, 4) is 0 Å². The molecule has 1 aliphatic rings. The van der Waals surface area contributed by atoms with Gasteiger partial charge in [-0.25, -0.2) is 8.78 Å². The molecule has 1 aromatic rings. The first kappa shape index (κ1) is 14.6. The van der Waals surface area contributed by atoms with Crippen LogP contribution in [0.2, 0.25) is 0 Å². The van der Waals surface area contributed by atoms with E-state index in [0.29, 0.717) is 6.07 Å². The van der Waals surface area contributed by atoms with Crippen molar-refractivity contribution in [1.82, 2.24) is 0 Å². The third kappa shape index (κ3) is 2.31. The van der Waals surface area contributed by atoms with E-state index >= 15 is 0 Å². The molecular formula is C12H8BrF2NO4. The molecule has 5 nitrogen and oxygen atoms in total. The molecule has 0 saturated heterocycles. The number of fused-ring (bicyclic) bond motifs is 1. The van der Waals surface area contributed by atoms with E-state index in [0.717, 1.165) is 18.1 Å². The Balaban J connectivity index is 2.41. The first-order valence-electron chi connectivity index (χ1n) is 5.44. The lowest BCUT2D eigenvalue weighted by Gasteiger charge is -2.18. The van der Waals surface area contributed by atoms with Gasteiger partial charge in [0.05, 0.1) is 18.4 Å². The molecule has 1 heterocycles. The maximum atomic E-state index is 13.6. The summed E-state index contributed by atoms with van der Waals surface area (Å²) >= 11 is 2.98. The van der Waals surface area contributed by atoms with Crippen LogP contribution in [0.1, 0.15) is 10.4 Å². The number of Topliss-reactive ketones (excluding diaryl/α,β-unsaturated/α-hetero) is 1. The summed E-state index contributed by atoms with van der Waals surface area (Å²) in [6.07, 6.45) is 0. The molecule has 0 radical (unpaired) electrons. The summed E-state index contributed by atoms with van der Waals surface area (Å²) in [5, 5.41) is 0. The van der Waals surface area contributed by atoms with Gasteiger partial charge in [-0.05, 0) is 6.07 Å². The number of alkyl halides is 1. The van der Waals surface area contributed by atoms with E-state index in [2.05, 4.69) is 20.7 Å². The van der Waals surface area contributed by atoms with Crippen molar-refractivity contribution < 1.29 is 27.9 Å². The van der Waals surface area contributed by atoms with Gasteiger partial charge in [-0.3, -0.25) is 14.4 Å². The van der Waals surface area contributed by atoms with Crippen LogP contribution >= 0.6 is 15.9 Å². The van der Waals surface area contributed by atoms with Gasteiger partial charge in [0.1, 0.15) is 16.5 Å². The molecular weight excluding hydrogens is 340 g/mol. The van der Waals surface area contributed by atoms with Gasteiger partial charge in [-0.1, -0.05) is 15.9 Å². The van der Waals surface area contributed by atoms with Crippen LogP contribution in [0.5, 0.6) is 0 Å². The van der Waals surface area contributed by atoms with Crippen LogP contribution in [0.25, 0.3) is 0 Å².